The quantitative estimate of drug-likeness (QED) is 0.862. The van der Waals surface area contributed by atoms with E-state index >= 15 is 0 Å². The average Bonchev–Trinajstić information content (AvgIpc) is 2.62. The molecular formula is C20H24N2O4. The Morgan fingerprint density at radius 2 is 1.73 bits per heavy atom. The minimum atomic E-state index is -0.298. The number of aryl methyl sites for hydroxylation is 1. The number of benzene rings is 2. The number of carbonyl (C=O) groups excluding carboxylic acids is 2. The zero-order valence-electron chi connectivity index (χ0n) is 15.8. The molecule has 2 aromatic carbocycles. The predicted molar refractivity (Wildman–Crippen MR) is 102 cm³/mol. The van der Waals surface area contributed by atoms with Gasteiger partial charge in [0.25, 0.3) is 0 Å². The van der Waals surface area contributed by atoms with Gasteiger partial charge in [0.1, 0.15) is 6.54 Å². The second-order valence-corrected chi connectivity index (χ2v) is 5.94. The molecule has 26 heavy (non-hydrogen) atoms. The van der Waals surface area contributed by atoms with E-state index in [0.29, 0.717) is 17.2 Å². The van der Waals surface area contributed by atoms with E-state index in [2.05, 4.69) is 5.32 Å². The summed E-state index contributed by atoms with van der Waals surface area (Å²) in [5, 5.41) is 2.79. The molecule has 138 valence electrons. The van der Waals surface area contributed by atoms with Gasteiger partial charge >= 0.3 is 0 Å². The summed E-state index contributed by atoms with van der Waals surface area (Å²) in [5.74, 6) is 0.601. The van der Waals surface area contributed by atoms with Gasteiger partial charge in [-0.15, -0.1) is 0 Å². The molecule has 0 atom stereocenters. The van der Waals surface area contributed by atoms with Crippen LogP contribution in [0.1, 0.15) is 18.1 Å². The smallest absolute Gasteiger partial charge is 0.244 e. The van der Waals surface area contributed by atoms with E-state index in [1.807, 2.05) is 32.0 Å². The van der Waals surface area contributed by atoms with Crippen LogP contribution in [0.2, 0.25) is 0 Å². The van der Waals surface area contributed by atoms with Gasteiger partial charge in [-0.3, -0.25) is 9.59 Å². The van der Waals surface area contributed by atoms with Gasteiger partial charge in [0.05, 0.1) is 14.2 Å². The Bertz CT molecular complexity index is 817. The van der Waals surface area contributed by atoms with Crippen LogP contribution in [-0.2, 0) is 9.59 Å². The summed E-state index contributed by atoms with van der Waals surface area (Å²) in [6.45, 7) is 5.28. The van der Waals surface area contributed by atoms with E-state index in [1.54, 1.807) is 25.3 Å². The number of anilines is 2. The zero-order valence-corrected chi connectivity index (χ0v) is 15.8. The summed E-state index contributed by atoms with van der Waals surface area (Å²) in [4.78, 5) is 26.0. The Balaban J connectivity index is 2.18. The Labute approximate surface area is 153 Å². The molecule has 0 aliphatic heterocycles. The number of hydrogen-bond acceptors (Lipinski definition) is 4. The van der Waals surface area contributed by atoms with Crippen molar-refractivity contribution in [3.8, 4) is 11.5 Å². The molecule has 0 fully saturated rings. The molecular weight excluding hydrogens is 332 g/mol. The third-order valence-electron chi connectivity index (χ3n) is 4.22. The van der Waals surface area contributed by atoms with Gasteiger partial charge in [-0.25, -0.2) is 0 Å². The molecule has 1 N–H and O–H groups in total. The van der Waals surface area contributed by atoms with Crippen molar-refractivity contribution >= 4 is 23.2 Å². The second kappa shape index (κ2) is 8.38. The van der Waals surface area contributed by atoms with E-state index < -0.39 is 0 Å². The summed E-state index contributed by atoms with van der Waals surface area (Å²) in [7, 11) is 3.08. The highest BCUT2D eigenvalue weighted by atomic mass is 16.5. The molecule has 0 bridgehead atoms. The molecule has 0 saturated heterocycles. The third kappa shape index (κ3) is 4.33. The van der Waals surface area contributed by atoms with Crippen LogP contribution in [0.15, 0.2) is 36.4 Å². The number of ether oxygens (including phenoxy) is 2. The summed E-state index contributed by atoms with van der Waals surface area (Å²) in [5.41, 5.74) is 3.34. The summed E-state index contributed by atoms with van der Waals surface area (Å²) < 4.78 is 10.4. The van der Waals surface area contributed by atoms with Gasteiger partial charge in [-0.2, -0.15) is 0 Å². The molecule has 2 aromatic rings. The molecule has 0 heterocycles. The predicted octanol–water partition coefficient (Wildman–Crippen LogP) is 3.31. The minimum absolute atomic E-state index is 0.0754. The van der Waals surface area contributed by atoms with Crippen molar-refractivity contribution in [3.63, 3.8) is 0 Å². The Morgan fingerprint density at radius 3 is 2.35 bits per heavy atom. The first-order chi connectivity index (χ1) is 12.4. The van der Waals surface area contributed by atoms with Gasteiger partial charge in [0, 0.05) is 24.4 Å². The zero-order chi connectivity index (χ0) is 19.3. The molecule has 6 nitrogen and oxygen atoms in total. The molecule has 0 aromatic heterocycles. The first kappa shape index (κ1) is 19.3. The monoisotopic (exact) mass is 356 g/mol. The highest BCUT2D eigenvalue weighted by Crippen LogP contribution is 2.30. The van der Waals surface area contributed by atoms with Crippen LogP contribution >= 0.6 is 0 Å². The van der Waals surface area contributed by atoms with Crippen LogP contribution in [0.3, 0.4) is 0 Å². The van der Waals surface area contributed by atoms with Gasteiger partial charge < -0.3 is 19.7 Å². The Hall–Kier alpha value is -3.02. The van der Waals surface area contributed by atoms with Crippen LogP contribution in [-0.4, -0.2) is 32.6 Å². The number of nitrogens with one attached hydrogen (secondary N) is 1. The number of methoxy groups -OCH3 is 2. The lowest BCUT2D eigenvalue weighted by Gasteiger charge is -2.23. The molecule has 0 saturated carbocycles. The van der Waals surface area contributed by atoms with Gasteiger partial charge in [-0.05, 0) is 43.2 Å². The molecule has 0 unspecified atom stereocenters. The van der Waals surface area contributed by atoms with Gasteiger partial charge in [0.15, 0.2) is 11.5 Å². The van der Waals surface area contributed by atoms with Crippen molar-refractivity contribution in [3.05, 3.63) is 47.5 Å². The number of nitrogens with zero attached hydrogens (tertiary/aromatic N) is 1. The second-order valence-electron chi connectivity index (χ2n) is 5.94. The van der Waals surface area contributed by atoms with Crippen molar-refractivity contribution in [1.82, 2.24) is 0 Å². The summed E-state index contributed by atoms with van der Waals surface area (Å²) in [6.07, 6.45) is 0. The van der Waals surface area contributed by atoms with Crippen molar-refractivity contribution in [2.24, 2.45) is 0 Å². The van der Waals surface area contributed by atoms with Gasteiger partial charge in [0.2, 0.25) is 11.8 Å². The molecule has 2 rings (SSSR count). The van der Waals surface area contributed by atoms with Crippen molar-refractivity contribution in [2.75, 3.05) is 31.0 Å². The lowest BCUT2D eigenvalue weighted by Crippen LogP contribution is -2.37. The van der Waals surface area contributed by atoms with Crippen LogP contribution in [0.25, 0.3) is 0 Å². The maximum Gasteiger partial charge on any atom is 0.244 e. The lowest BCUT2D eigenvalue weighted by atomic mass is 10.1. The Morgan fingerprint density at radius 1 is 1.04 bits per heavy atom. The molecule has 0 spiro atoms. The number of hydrogen-bond donors (Lipinski definition) is 1. The van der Waals surface area contributed by atoms with Crippen molar-refractivity contribution in [2.45, 2.75) is 20.8 Å². The highest BCUT2D eigenvalue weighted by Gasteiger charge is 2.18. The first-order valence-electron chi connectivity index (χ1n) is 8.23. The normalized spacial score (nSPS) is 10.2. The average molecular weight is 356 g/mol. The number of carbonyl (C=O) groups is 2. The summed E-state index contributed by atoms with van der Waals surface area (Å²) in [6, 6.07) is 10.8. The molecule has 0 aliphatic carbocycles. The van der Waals surface area contributed by atoms with Crippen molar-refractivity contribution < 1.29 is 19.1 Å². The molecule has 0 radical (unpaired) electrons. The number of rotatable bonds is 6. The van der Waals surface area contributed by atoms with Gasteiger partial charge in [-0.1, -0.05) is 12.1 Å². The molecule has 2 amide bonds. The fourth-order valence-corrected chi connectivity index (χ4v) is 2.65. The SMILES string of the molecule is COc1ccc(NC(=O)CN(C(C)=O)c2cccc(C)c2C)cc1OC. The largest absolute Gasteiger partial charge is 0.493 e. The van der Waals surface area contributed by atoms with Crippen LogP contribution in [0.4, 0.5) is 11.4 Å². The molecule has 6 heteroatoms. The third-order valence-corrected chi connectivity index (χ3v) is 4.22. The van der Waals surface area contributed by atoms with E-state index in [-0.39, 0.29) is 18.4 Å². The minimum Gasteiger partial charge on any atom is -0.493 e. The van der Waals surface area contributed by atoms with Crippen LogP contribution < -0.4 is 19.7 Å². The fourth-order valence-electron chi connectivity index (χ4n) is 2.65. The van der Waals surface area contributed by atoms with E-state index in [1.165, 1.54) is 18.9 Å². The van der Waals surface area contributed by atoms with Crippen LogP contribution in [0.5, 0.6) is 11.5 Å². The van der Waals surface area contributed by atoms with E-state index in [9.17, 15) is 9.59 Å². The van der Waals surface area contributed by atoms with E-state index in [0.717, 1.165) is 16.8 Å². The van der Waals surface area contributed by atoms with Crippen molar-refractivity contribution in [1.29, 1.82) is 0 Å². The topological polar surface area (TPSA) is 67.9 Å². The fraction of sp³-hybridized carbons (Fsp3) is 0.300. The molecule has 0 aliphatic rings. The van der Waals surface area contributed by atoms with E-state index in [4.69, 9.17) is 9.47 Å². The summed E-state index contributed by atoms with van der Waals surface area (Å²) >= 11 is 0. The first-order valence-corrected chi connectivity index (χ1v) is 8.23. The highest BCUT2D eigenvalue weighted by molar-refractivity contribution is 6.02. The maximum atomic E-state index is 12.5. The Kier molecular flexibility index (Phi) is 6.22. The maximum absolute atomic E-state index is 12.5. The lowest BCUT2D eigenvalue weighted by molar-refractivity contribution is -0.120. The number of amides is 2. The standard InChI is InChI=1S/C20H24N2O4/c1-13-7-6-8-17(14(13)2)22(15(3)23)12-20(24)21-16-9-10-18(25-4)19(11-16)26-5/h6-11H,12H2,1-5H3,(H,21,24). The van der Waals surface area contributed by atoms with Crippen LogP contribution in [0, 0.1) is 13.8 Å².